The van der Waals surface area contributed by atoms with Gasteiger partial charge in [0.15, 0.2) is 11.0 Å². The SMILES string of the molecule is Cc1cccc(N(CC(=O)c2ccccc2)C2=NCCCS2)c1. The number of amidine groups is 1. The Morgan fingerprint density at radius 3 is 2.70 bits per heavy atom. The van der Waals surface area contributed by atoms with Crippen LogP contribution in [0.2, 0.25) is 0 Å². The van der Waals surface area contributed by atoms with Gasteiger partial charge < -0.3 is 4.90 Å². The van der Waals surface area contributed by atoms with Crippen LogP contribution in [0.25, 0.3) is 0 Å². The fraction of sp³-hybridized carbons (Fsp3) is 0.263. The molecule has 0 amide bonds. The van der Waals surface area contributed by atoms with Crippen molar-refractivity contribution in [3.05, 3.63) is 65.7 Å². The quantitative estimate of drug-likeness (QED) is 0.791. The molecule has 0 aromatic heterocycles. The van der Waals surface area contributed by atoms with Gasteiger partial charge in [-0.2, -0.15) is 0 Å². The van der Waals surface area contributed by atoms with Gasteiger partial charge in [0.05, 0.1) is 6.54 Å². The van der Waals surface area contributed by atoms with Gasteiger partial charge in [0, 0.05) is 23.5 Å². The van der Waals surface area contributed by atoms with E-state index in [0.717, 1.165) is 35.1 Å². The normalized spacial score (nSPS) is 14.2. The van der Waals surface area contributed by atoms with Gasteiger partial charge in [-0.15, -0.1) is 0 Å². The predicted octanol–water partition coefficient (Wildman–Crippen LogP) is 4.18. The molecule has 0 saturated carbocycles. The highest BCUT2D eigenvalue weighted by Gasteiger charge is 2.20. The topological polar surface area (TPSA) is 32.7 Å². The maximum absolute atomic E-state index is 12.7. The van der Waals surface area contributed by atoms with Crippen LogP contribution in [0.15, 0.2) is 59.6 Å². The summed E-state index contributed by atoms with van der Waals surface area (Å²) in [6.07, 6.45) is 1.10. The van der Waals surface area contributed by atoms with Crippen LogP contribution in [-0.2, 0) is 0 Å². The molecule has 3 rings (SSSR count). The number of hydrogen-bond acceptors (Lipinski definition) is 4. The maximum Gasteiger partial charge on any atom is 0.182 e. The van der Waals surface area contributed by atoms with Crippen LogP contribution in [0.5, 0.6) is 0 Å². The summed E-state index contributed by atoms with van der Waals surface area (Å²) in [7, 11) is 0. The van der Waals surface area contributed by atoms with E-state index in [1.807, 2.05) is 47.4 Å². The third kappa shape index (κ3) is 4.02. The molecular weight excluding hydrogens is 304 g/mol. The van der Waals surface area contributed by atoms with Crippen molar-refractivity contribution in [2.24, 2.45) is 4.99 Å². The van der Waals surface area contributed by atoms with Crippen molar-refractivity contribution in [3.8, 4) is 0 Å². The second kappa shape index (κ2) is 7.47. The lowest BCUT2D eigenvalue weighted by Gasteiger charge is -2.27. The first-order valence-corrected chi connectivity index (χ1v) is 8.82. The Kier molecular flexibility index (Phi) is 5.13. The molecule has 3 nitrogen and oxygen atoms in total. The number of carbonyl (C=O) groups excluding carboxylic acids is 1. The molecular formula is C19H20N2OS. The number of hydrogen-bond donors (Lipinski definition) is 0. The average Bonchev–Trinajstić information content (AvgIpc) is 2.61. The van der Waals surface area contributed by atoms with Gasteiger partial charge in [-0.1, -0.05) is 54.2 Å². The highest BCUT2D eigenvalue weighted by Crippen LogP contribution is 2.24. The van der Waals surface area contributed by atoms with Crippen LogP contribution in [-0.4, -0.2) is 29.8 Å². The van der Waals surface area contributed by atoms with E-state index in [9.17, 15) is 4.79 Å². The first-order chi connectivity index (χ1) is 11.2. The van der Waals surface area contributed by atoms with Gasteiger partial charge in [-0.05, 0) is 31.0 Å². The van der Waals surface area contributed by atoms with Gasteiger partial charge in [-0.25, -0.2) is 0 Å². The summed E-state index contributed by atoms with van der Waals surface area (Å²) in [5, 5.41) is 0.950. The highest BCUT2D eigenvalue weighted by molar-refractivity contribution is 8.14. The monoisotopic (exact) mass is 324 g/mol. The molecule has 0 spiro atoms. The number of nitrogens with zero attached hydrogens (tertiary/aromatic N) is 2. The second-order valence-corrected chi connectivity index (χ2v) is 6.64. The fourth-order valence-corrected chi connectivity index (χ4v) is 3.50. The lowest BCUT2D eigenvalue weighted by Crippen LogP contribution is -2.35. The van der Waals surface area contributed by atoms with E-state index in [1.165, 1.54) is 5.56 Å². The predicted molar refractivity (Wildman–Crippen MR) is 98.7 cm³/mol. The molecule has 2 aromatic carbocycles. The third-order valence-corrected chi connectivity index (χ3v) is 4.82. The summed E-state index contributed by atoms with van der Waals surface area (Å²) < 4.78 is 0. The van der Waals surface area contributed by atoms with Gasteiger partial charge in [-0.3, -0.25) is 9.79 Å². The van der Waals surface area contributed by atoms with Crippen molar-refractivity contribution in [2.75, 3.05) is 23.7 Å². The standard InChI is InChI=1S/C19H20N2OS/c1-15-7-5-10-17(13-15)21(19-20-11-6-12-23-19)14-18(22)16-8-3-2-4-9-16/h2-5,7-10,13H,6,11-12,14H2,1H3. The average molecular weight is 324 g/mol. The van der Waals surface area contributed by atoms with Crippen LogP contribution in [0.4, 0.5) is 5.69 Å². The van der Waals surface area contributed by atoms with Crippen molar-refractivity contribution in [1.29, 1.82) is 0 Å². The minimum Gasteiger partial charge on any atom is -0.313 e. The Morgan fingerprint density at radius 2 is 2.00 bits per heavy atom. The molecule has 0 fully saturated rings. The number of thioether (sulfide) groups is 1. The van der Waals surface area contributed by atoms with Crippen molar-refractivity contribution < 1.29 is 4.79 Å². The zero-order valence-electron chi connectivity index (χ0n) is 13.2. The smallest absolute Gasteiger partial charge is 0.182 e. The summed E-state index contributed by atoms with van der Waals surface area (Å²) in [5.74, 6) is 1.17. The Balaban J connectivity index is 1.89. The van der Waals surface area contributed by atoms with Crippen LogP contribution < -0.4 is 4.90 Å². The molecule has 2 aromatic rings. The van der Waals surface area contributed by atoms with Crippen molar-refractivity contribution in [1.82, 2.24) is 0 Å². The number of aryl methyl sites for hydroxylation is 1. The summed E-state index contributed by atoms with van der Waals surface area (Å²) in [6, 6.07) is 17.7. The zero-order chi connectivity index (χ0) is 16.1. The number of aliphatic imine (C=N–C) groups is 1. The van der Waals surface area contributed by atoms with Crippen molar-refractivity contribution in [3.63, 3.8) is 0 Å². The molecule has 0 saturated heterocycles. The third-order valence-electron chi connectivity index (χ3n) is 3.72. The number of rotatable bonds is 4. The molecule has 118 valence electrons. The minimum atomic E-state index is 0.112. The molecule has 1 aliphatic heterocycles. The van der Waals surface area contributed by atoms with Crippen LogP contribution in [0, 0.1) is 6.92 Å². The molecule has 0 bridgehead atoms. The van der Waals surface area contributed by atoms with E-state index in [4.69, 9.17) is 0 Å². The van der Waals surface area contributed by atoms with E-state index < -0.39 is 0 Å². The lowest BCUT2D eigenvalue weighted by atomic mass is 10.1. The molecule has 0 unspecified atom stereocenters. The van der Waals surface area contributed by atoms with Crippen LogP contribution >= 0.6 is 11.8 Å². The van der Waals surface area contributed by atoms with Crippen LogP contribution in [0.3, 0.4) is 0 Å². The Labute approximate surface area is 141 Å². The van der Waals surface area contributed by atoms with E-state index in [-0.39, 0.29) is 5.78 Å². The summed E-state index contributed by atoms with van der Waals surface area (Å²) in [6.45, 7) is 3.22. The second-order valence-electron chi connectivity index (χ2n) is 5.58. The van der Waals surface area contributed by atoms with E-state index in [2.05, 4.69) is 24.0 Å². The summed E-state index contributed by atoms with van der Waals surface area (Å²) in [5.41, 5.74) is 2.95. The van der Waals surface area contributed by atoms with Crippen molar-refractivity contribution in [2.45, 2.75) is 13.3 Å². The van der Waals surface area contributed by atoms with Gasteiger partial charge in [0.25, 0.3) is 0 Å². The zero-order valence-corrected chi connectivity index (χ0v) is 14.1. The van der Waals surface area contributed by atoms with E-state index >= 15 is 0 Å². The lowest BCUT2D eigenvalue weighted by molar-refractivity contribution is 0.100. The maximum atomic E-state index is 12.7. The molecule has 23 heavy (non-hydrogen) atoms. The number of ketones is 1. The summed E-state index contributed by atoms with van der Waals surface area (Å²) in [4.78, 5) is 19.3. The largest absolute Gasteiger partial charge is 0.313 e. The first-order valence-electron chi connectivity index (χ1n) is 7.84. The molecule has 1 aliphatic rings. The van der Waals surface area contributed by atoms with Crippen molar-refractivity contribution >= 4 is 28.4 Å². The Bertz CT molecular complexity index is 712. The van der Waals surface area contributed by atoms with Gasteiger partial charge >= 0.3 is 0 Å². The summed E-state index contributed by atoms with van der Waals surface area (Å²) >= 11 is 1.73. The van der Waals surface area contributed by atoms with E-state index in [0.29, 0.717) is 6.54 Å². The molecule has 0 radical (unpaired) electrons. The number of anilines is 1. The van der Waals surface area contributed by atoms with E-state index in [1.54, 1.807) is 11.8 Å². The van der Waals surface area contributed by atoms with Crippen LogP contribution in [0.1, 0.15) is 22.3 Å². The fourth-order valence-electron chi connectivity index (χ4n) is 2.54. The molecule has 0 N–H and O–H groups in total. The molecule has 4 heteroatoms. The Morgan fingerprint density at radius 1 is 1.17 bits per heavy atom. The minimum absolute atomic E-state index is 0.112. The number of benzene rings is 2. The molecule has 0 atom stereocenters. The molecule has 1 heterocycles. The van der Waals surface area contributed by atoms with Gasteiger partial charge in [0.2, 0.25) is 0 Å². The first kappa shape index (κ1) is 15.8. The Hall–Kier alpha value is -2.07. The molecule has 0 aliphatic carbocycles. The highest BCUT2D eigenvalue weighted by atomic mass is 32.2. The van der Waals surface area contributed by atoms with Gasteiger partial charge in [0.1, 0.15) is 0 Å². The number of carbonyl (C=O) groups is 1. The number of Topliss-reactive ketones (excluding diaryl/α,β-unsaturated/α-hetero) is 1.